The lowest BCUT2D eigenvalue weighted by Gasteiger charge is -2.31. The summed E-state index contributed by atoms with van der Waals surface area (Å²) in [4.78, 5) is 15.1. The zero-order chi connectivity index (χ0) is 11.4. The number of nitrogens with one attached hydrogen (secondary N) is 1. The third kappa shape index (κ3) is 2.81. The van der Waals surface area contributed by atoms with E-state index in [1.54, 1.807) is 11.3 Å². The number of hydrogen-bond acceptors (Lipinski definition) is 4. The Balaban J connectivity index is 1.89. The summed E-state index contributed by atoms with van der Waals surface area (Å²) in [7, 11) is 0. The molecule has 0 radical (unpaired) electrons. The molecule has 3 N–H and O–H groups in total. The number of likely N-dealkylation sites (tertiary alicyclic amines) is 1. The van der Waals surface area contributed by atoms with Gasteiger partial charge >= 0.3 is 0 Å². The number of nitrogens with two attached hydrogens (primary N) is 1. The molecule has 1 amide bonds. The molecular weight excluding hydrogens is 222 g/mol. The average Bonchev–Trinajstić information content (AvgIpc) is 2.81. The molecule has 1 atom stereocenters. The molecule has 0 bridgehead atoms. The monoisotopic (exact) mass is 239 g/mol. The topological polar surface area (TPSA) is 58.4 Å². The Morgan fingerprint density at radius 3 is 3.25 bits per heavy atom. The van der Waals surface area contributed by atoms with Gasteiger partial charge in [0.05, 0.1) is 5.92 Å². The Morgan fingerprint density at radius 1 is 1.69 bits per heavy atom. The van der Waals surface area contributed by atoms with Gasteiger partial charge in [-0.3, -0.25) is 15.1 Å². The van der Waals surface area contributed by atoms with E-state index in [0.717, 1.165) is 32.5 Å². The van der Waals surface area contributed by atoms with E-state index in [2.05, 4.69) is 27.8 Å². The molecule has 4 nitrogen and oxygen atoms in total. The highest BCUT2D eigenvalue weighted by Gasteiger charge is 2.25. The molecule has 0 spiro atoms. The standard InChI is InChI=1S/C11H17N3OS/c12-13-11(15)9-3-1-5-14(7-9)8-10-4-2-6-16-10/h2,4,6,9H,1,3,5,7-8,12H2,(H,13,15). The lowest BCUT2D eigenvalue weighted by molar-refractivity contribution is -0.126. The first kappa shape index (κ1) is 11.6. The predicted molar refractivity (Wildman–Crippen MR) is 64.7 cm³/mol. The summed E-state index contributed by atoms with van der Waals surface area (Å²) in [6.45, 7) is 2.85. The first-order chi connectivity index (χ1) is 7.79. The Hall–Kier alpha value is -0.910. The number of carbonyl (C=O) groups excluding carboxylic acids is 1. The Morgan fingerprint density at radius 2 is 2.56 bits per heavy atom. The van der Waals surface area contributed by atoms with Crippen LogP contribution in [0, 0.1) is 5.92 Å². The van der Waals surface area contributed by atoms with Crippen LogP contribution >= 0.6 is 11.3 Å². The molecule has 5 heteroatoms. The van der Waals surface area contributed by atoms with E-state index in [4.69, 9.17) is 5.84 Å². The maximum Gasteiger partial charge on any atom is 0.238 e. The van der Waals surface area contributed by atoms with Crippen LogP contribution < -0.4 is 11.3 Å². The van der Waals surface area contributed by atoms with Crippen molar-refractivity contribution in [2.45, 2.75) is 19.4 Å². The summed E-state index contributed by atoms with van der Waals surface area (Å²) in [5.74, 6) is 5.19. The van der Waals surface area contributed by atoms with Gasteiger partial charge in [0, 0.05) is 18.0 Å². The number of carbonyl (C=O) groups is 1. The third-order valence-electron chi connectivity index (χ3n) is 2.98. The Bertz CT molecular complexity index is 339. The maximum atomic E-state index is 11.5. The van der Waals surface area contributed by atoms with Crippen LogP contribution in [0.4, 0.5) is 0 Å². The zero-order valence-electron chi connectivity index (χ0n) is 9.19. The molecule has 2 rings (SSSR count). The normalized spacial score (nSPS) is 21.9. The second kappa shape index (κ2) is 5.43. The van der Waals surface area contributed by atoms with Crippen molar-refractivity contribution in [3.63, 3.8) is 0 Å². The summed E-state index contributed by atoms with van der Waals surface area (Å²) in [5, 5.41) is 2.09. The van der Waals surface area contributed by atoms with Gasteiger partial charge in [0.15, 0.2) is 0 Å². The van der Waals surface area contributed by atoms with E-state index in [1.165, 1.54) is 4.88 Å². The van der Waals surface area contributed by atoms with Gasteiger partial charge in [-0.05, 0) is 30.8 Å². The van der Waals surface area contributed by atoms with Crippen molar-refractivity contribution >= 4 is 17.2 Å². The van der Waals surface area contributed by atoms with Crippen LogP contribution in [-0.2, 0) is 11.3 Å². The van der Waals surface area contributed by atoms with Crippen molar-refractivity contribution < 1.29 is 4.79 Å². The largest absolute Gasteiger partial charge is 0.297 e. The van der Waals surface area contributed by atoms with E-state index in [9.17, 15) is 4.79 Å². The Labute approximate surface area is 99.4 Å². The molecule has 1 aromatic heterocycles. The number of nitrogens with zero attached hydrogens (tertiary/aromatic N) is 1. The molecular formula is C11H17N3OS. The molecule has 2 heterocycles. The predicted octanol–water partition coefficient (Wildman–Crippen LogP) is 0.950. The van der Waals surface area contributed by atoms with Crippen LogP contribution in [-0.4, -0.2) is 23.9 Å². The number of hydrazine groups is 1. The Kier molecular flexibility index (Phi) is 3.93. The van der Waals surface area contributed by atoms with Crippen molar-refractivity contribution in [3.05, 3.63) is 22.4 Å². The number of piperidine rings is 1. The molecule has 1 unspecified atom stereocenters. The molecule has 0 aromatic carbocycles. The molecule has 88 valence electrons. The molecule has 1 aromatic rings. The van der Waals surface area contributed by atoms with E-state index in [0.29, 0.717) is 0 Å². The highest BCUT2D eigenvalue weighted by atomic mass is 32.1. The fourth-order valence-electron chi connectivity index (χ4n) is 2.15. The number of hydrogen-bond donors (Lipinski definition) is 2. The van der Waals surface area contributed by atoms with E-state index in [-0.39, 0.29) is 11.8 Å². The first-order valence-electron chi connectivity index (χ1n) is 5.55. The van der Waals surface area contributed by atoms with Crippen molar-refractivity contribution in [2.75, 3.05) is 13.1 Å². The van der Waals surface area contributed by atoms with Crippen molar-refractivity contribution in [1.82, 2.24) is 10.3 Å². The van der Waals surface area contributed by atoms with Crippen LogP contribution in [0.25, 0.3) is 0 Å². The van der Waals surface area contributed by atoms with Gasteiger partial charge in [-0.2, -0.15) is 0 Å². The minimum Gasteiger partial charge on any atom is -0.297 e. The number of amides is 1. The summed E-state index contributed by atoms with van der Waals surface area (Å²) in [6.07, 6.45) is 2.02. The van der Waals surface area contributed by atoms with Crippen molar-refractivity contribution in [1.29, 1.82) is 0 Å². The summed E-state index contributed by atoms with van der Waals surface area (Å²) >= 11 is 1.77. The van der Waals surface area contributed by atoms with Crippen LogP contribution in [0.1, 0.15) is 17.7 Å². The smallest absolute Gasteiger partial charge is 0.238 e. The van der Waals surface area contributed by atoms with E-state index in [1.807, 2.05) is 0 Å². The van der Waals surface area contributed by atoms with E-state index >= 15 is 0 Å². The maximum absolute atomic E-state index is 11.5. The fourth-order valence-corrected chi connectivity index (χ4v) is 2.90. The third-order valence-corrected chi connectivity index (χ3v) is 3.84. The summed E-state index contributed by atoms with van der Waals surface area (Å²) < 4.78 is 0. The molecule has 0 saturated carbocycles. The second-order valence-electron chi connectivity index (χ2n) is 4.16. The van der Waals surface area contributed by atoms with Gasteiger partial charge in [-0.25, -0.2) is 5.84 Å². The van der Waals surface area contributed by atoms with Crippen LogP contribution in [0.3, 0.4) is 0 Å². The fraction of sp³-hybridized carbons (Fsp3) is 0.545. The summed E-state index contributed by atoms with van der Waals surface area (Å²) in [6, 6.07) is 4.20. The molecule has 1 aliphatic rings. The quantitative estimate of drug-likeness (QED) is 0.469. The van der Waals surface area contributed by atoms with Crippen LogP contribution in [0.5, 0.6) is 0 Å². The van der Waals surface area contributed by atoms with Crippen LogP contribution in [0.2, 0.25) is 0 Å². The van der Waals surface area contributed by atoms with Crippen molar-refractivity contribution in [2.24, 2.45) is 11.8 Å². The number of thiophene rings is 1. The molecule has 0 aliphatic carbocycles. The number of rotatable bonds is 3. The zero-order valence-corrected chi connectivity index (χ0v) is 10.0. The van der Waals surface area contributed by atoms with Gasteiger partial charge < -0.3 is 0 Å². The first-order valence-corrected chi connectivity index (χ1v) is 6.43. The lowest BCUT2D eigenvalue weighted by Crippen LogP contribution is -2.44. The SMILES string of the molecule is NNC(=O)C1CCCN(Cc2cccs2)C1. The molecule has 1 saturated heterocycles. The van der Waals surface area contributed by atoms with Gasteiger partial charge in [0.1, 0.15) is 0 Å². The van der Waals surface area contributed by atoms with Crippen LogP contribution in [0.15, 0.2) is 17.5 Å². The van der Waals surface area contributed by atoms with E-state index < -0.39 is 0 Å². The highest BCUT2D eigenvalue weighted by molar-refractivity contribution is 7.09. The molecule has 1 aliphatic heterocycles. The molecule has 16 heavy (non-hydrogen) atoms. The minimum atomic E-state index is -0.0316. The van der Waals surface area contributed by atoms with Crippen molar-refractivity contribution in [3.8, 4) is 0 Å². The van der Waals surface area contributed by atoms with Gasteiger partial charge in [0.25, 0.3) is 0 Å². The lowest BCUT2D eigenvalue weighted by atomic mass is 9.97. The van der Waals surface area contributed by atoms with Gasteiger partial charge in [-0.15, -0.1) is 11.3 Å². The van der Waals surface area contributed by atoms with Gasteiger partial charge in [-0.1, -0.05) is 6.07 Å². The van der Waals surface area contributed by atoms with Gasteiger partial charge in [0.2, 0.25) is 5.91 Å². The molecule has 1 fully saturated rings. The summed E-state index contributed by atoms with van der Waals surface area (Å²) in [5.41, 5.74) is 2.25. The highest BCUT2D eigenvalue weighted by Crippen LogP contribution is 2.20. The second-order valence-corrected chi connectivity index (χ2v) is 5.19. The average molecular weight is 239 g/mol. The minimum absolute atomic E-state index is 0.0316.